The van der Waals surface area contributed by atoms with Crippen LogP contribution in [-0.2, 0) is 42.9 Å². The molecule has 7 aromatic rings. The van der Waals surface area contributed by atoms with Crippen LogP contribution >= 0.6 is 0 Å². The number of anilines is 3. The first-order valence-electron chi connectivity index (χ1n) is 23.9. The topological polar surface area (TPSA) is 176 Å². The predicted octanol–water partition coefficient (Wildman–Crippen LogP) is 5.30. The predicted molar refractivity (Wildman–Crippen MR) is 269 cm³/mol. The van der Waals surface area contributed by atoms with E-state index in [0.717, 1.165) is 90.1 Å². The number of aryl methyl sites for hydroxylation is 4. The molecule has 17 heteroatoms. The summed E-state index contributed by atoms with van der Waals surface area (Å²) in [4.78, 5) is 77.0. The fraction of sp³-hybridized carbons (Fsp3) is 0.321. The third-order valence-electron chi connectivity index (χ3n) is 14.2. The highest BCUT2D eigenvalue weighted by molar-refractivity contribution is 6.07. The van der Waals surface area contributed by atoms with Crippen LogP contribution in [-0.4, -0.2) is 111 Å². The number of para-hydroxylation sites is 1. The SMILES string of the molecule is CNC(=O)c1cccc(N2CCN(c3nccc(-c4ccc(-n5cnn(C)c5=O)cc4CCc4ccc(N5CCN(CCc6cccc7c(C8CCC(=O)NC8=O)nn(C)c67)CC5)cc4)c3C)C2=O)c1. The normalized spacial score (nSPS) is 16.7. The second kappa shape index (κ2) is 19.2. The summed E-state index contributed by atoms with van der Waals surface area (Å²) >= 11 is 0. The molecule has 1 unspecified atom stereocenters. The van der Waals surface area contributed by atoms with Gasteiger partial charge in [-0.3, -0.25) is 39.1 Å². The van der Waals surface area contributed by atoms with Gasteiger partial charge in [0.05, 0.1) is 22.8 Å². The number of fused-ring (bicyclic) bond motifs is 1. The average Bonchev–Trinajstić information content (AvgIpc) is 4.05. The van der Waals surface area contributed by atoms with Gasteiger partial charge >= 0.3 is 11.7 Å². The number of rotatable bonds is 13. The number of imide groups is 1. The van der Waals surface area contributed by atoms with E-state index in [0.29, 0.717) is 49.4 Å². The Hall–Kier alpha value is -7.92. The van der Waals surface area contributed by atoms with Crippen LogP contribution in [0.25, 0.3) is 27.7 Å². The van der Waals surface area contributed by atoms with Gasteiger partial charge in [-0.2, -0.15) is 10.2 Å². The first-order chi connectivity index (χ1) is 33.9. The van der Waals surface area contributed by atoms with Crippen molar-refractivity contribution in [2.75, 3.05) is 67.6 Å². The Labute approximate surface area is 405 Å². The fourth-order valence-electron chi connectivity index (χ4n) is 10.3. The highest BCUT2D eigenvalue weighted by Gasteiger charge is 2.34. The number of nitrogens with zero attached hydrogens (tertiary/aromatic N) is 10. The second-order valence-electron chi connectivity index (χ2n) is 18.3. The van der Waals surface area contributed by atoms with Crippen molar-refractivity contribution in [1.82, 2.24) is 44.6 Å². The second-order valence-corrected chi connectivity index (χ2v) is 18.3. The number of hydrogen-bond acceptors (Lipinski definition) is 10. The smallest absolute Gasteiger partial charge is 0.350 e. The zero-order valence-corrected chi connectivity index (χ0v) is 39.9. The van der Waals surface area contributed by atoms with E-state index < -0.39 is 5.92 Å². The molecule has 0 spiro atoms. The molecule has 5 amide bonds. The Morgan fingerprint density at radius 3 is 2.29 bits per heavy atom. The van der Waals surface area contributed by atoms with Crippen molar-refractivity contribution < 1.29 is 19.2 Å². The molecule has 0 radical (unpaired) electrons. The molecule has 0 bridgehead atoms. The molecule has 0 aliphatic carbocycles. The maximum absolute atomic E-state index is 14.0. The summed E-state index contributed by atoms with van der Waals surface area (Å²) < 4.78 is 4.74. The van der Waals surface area contributed by atoms with Gasteiger partial charge in [-0.25, -0.2) is 23.8 Å². The fourth-order valence-corrected chi connectivity index (χ4v) is 10.3. The van der Waals surface area contributed by atoms with E-state index in [1.54, 1.807) is 52.9 Å². The first-order valence-corrected chi connectivity index (χ1v) is 23.9. The number of amides is 5. The number of piperazine rings is 1. The quantitative estimate of drug-likeness (QED) is 0.144. The van der Waals surface area contributed by atoms with Crippen LogP contribution in [0.3, 0.4) is 0 Å². The van der Waals surface area contributed by atoms with E-state index in [1.807, 2.05) is 55.1 Å². The largest absolute Gasteiger partial charge is 0.369 e. The van der Waals surface area contributed by atoms with E-state index in [2.05, 4.69) is 61.9 Å². The van der Waals surface area contributed by atoms with Crippen molar-refractivity contribution >= 4 is 51.8 Å². The number of hydrogen-bond donors (Lipinski definition) is 2. The molecule has 4 aromatic carbocycles. The van der Waals surface area contributed by atoms with Crippen molar-refractivity contribution in [3.05, 3.63) is 148 Å². The van der Waals surface area contributed by atoms with E-state index in [1.165, 1.54) is 27.8 Å². The molecule has 3 saturated heterocycles. The van der Waals surface area contributed by atoms with Gasteiger partial charge in [-0.15, -0.1) is 0 Å². The van der Waals surface area contributed by atoms with Crippen LogP contribution < -0.4 is 31.0 Å². The molecule has 3 aromatic heterocycles. The maximum atomic E-state index is 14.0. The number of urea groups is 1. The van der Waals surface area contributed by atoms with Gasteiger partial charge in [-0.1, -0.05) is 42.5 Å². The van der Waals surface area contributed by atoms with Crippen LogP contribution in [0.4, 0.5) is 22.0 Å². The number of benzene rings is 4. The minimum atomic E-state index is -0.426. The summed E-state index contributed by atoms with van der Waals surface area (Å²) in [5.41, 5.74) is 10.8. The van der Waals surface area contributed by atoms with Gasteiger partial charge < -0.3 is 10.2 Å². The molecule has 2 N–H and O–H groups in total. The number of carbonyl (C=O) groups is 4. The summed E-state index contributed by atoms with van der Waals surface area (Å²) in [5.74, 6) is -0.562. The molecular weight excluding hydrogens is 885 g/mol. The molecule has 1 atom stereocenters. The van der Waals surface area contributed by atoms with Gasteiger partial charge in [0, 0.05) is 102 Å². The van der Waals surface area contributed by atoms with Gasteiger partial charge in [0.2, 0.25) is 11.8 Å². The third-order valence-corrected chi connectivity index (χ3v) is 14.2. The summed E-state index contributed by atoms with van der Waals surface area (Å²) in [7, 11) is 5.15. The lowest BCUT2D eigenvalue weighted by Gasteiger charge is -2.36. The Morgan fingerprint density at radius 2 is 1.53 bits per heavy atom. The summed E-state index contributed by atoms with van der Waals surface area (Å²) in [5, 5.41) is 15.1. The van der Waals surface area contributed by atoms with Crippen molar-refractivity contribution in [2.24, 2.45) is 14.1 Å². The van der Waals surface area contributed by atoms with Crippen molar-refractivity contribution in [3.63, 3.8) is 0 Å². The lowest BCUT2D eigenvalue weighted by Crippen LogP contribution is -2.47. The molecule has 70 heavy (non-hydrogen) atoms. The Bertz CT molecular complexity index is 3220. The Morgan fingerprint density at radius 1 is 0.757 bits per heavy atom. The lowest BCUT2D eigenvalue weighted by molar-refractivity contribution is -0.134. The third kappa shape index (κ3) is 8.83. The molecule has 3 fully saturated rings. The maximum Gasteiger partial charge on any atom is 0.350 e. The summed E-state index contributed by atoms with van der Waals surface area (Å²) in [6, 6.07) is 29.9. The lowest BCUT2D eigenvalue weighted by atomic mass is 9.92. The minimum absolute atomic E-state index is 0.210. The molecule has 3 aliphatic rings. The Kier molecular flexibility index (Phi) is 12.6. The first kappa shape index (κ1) is 45.8. The van der Waals surface area contributed by atoms with Crippen molar-refractivity contribution in [2.45, 2.75) is 44.9 Å². The van der Waals surface area contributed by atoms with Gasteiger partial charge in [0.25, 0.3) is 5.91 Å². The molecule has 10 rings (SSSR count). The zero-order valence-electron chi connectivity index (χ0n) is 39.9. The van der Waals surface area contributed by atoms with E-state index in [4.69, 9.17) is 10.1 Å². The Balaban J connectivity index is 0.811. The standard InChI is InChI=1S/C53H56N12O5/c1-34-42(21-23-55-49(34)64-30-29-63(53(64)70)40-9-5-8-38(32-40)50(67)54-2)43-18-17-41(65-33-56-60(4)52(65)69)31-37(43)14-11-35-12-15-39(16-13-35)62-27-25-61(26-28-62)24-22-36-7-6-10-44-47(58-59(3)48(36)44)45-19-20-46(66)57-51(45)68/h5-10,12-13,15-18,21,23,31-33,45H,11,14,19-20,22,24-30H2,1-4H3,(H,54,67)(H,57,66,68). The van der Waals surface area contributed by atoms with Crippen LogP contribution in [0.5, 0.6) is 0 Å². The van der Waals surface area contributed by atoms with Crippen LogP contribution in [0, 0.1) is 6.92 Å². The molecule has 6 heterocycles. The highest BCUT2D eigenvalue weighted by Crippen LogP contribution is 2.36. The number of pyridine rings is 1. The molecule has 3 aliphatic heterocycles. The van der Waals surface area contributed by atoms with Gasteiger partial charge in [-0.05, 0) is 115 Å². The summed E-state index contributed by atoms with van der Waals surface area (Å²) in [6.07, 6.45) is 6.39. The van der Waals surface area contributed by atoms with Crippen LogP contribution in [0.15, 0.2) is 108 Å². The highest BCUT2D eigenvalue weighted by atomic mass is 16.2. The molecular formula is C53H56N12O5. The van der Waals surface area contributed by atoms with E-state index in [-0.39, 0.29) is 29.4 Å². The minimum Gasteiger partial charge on any atom is -0.369 e. The summed E-state index contributed by atoms with van der Waals surface area (Å²) in [6.45, 7) is 7.49. The molecule has 0 saturated carbocycles. The van der Waals surface area contributed by atoms with Crippen molar-refractivity contribution in [1.29, 1.82) is 0 Å². The number of piperidine rings is 1. The number of nitrogens with one attached hydrogen (secondary N) is 2. The molecule has 17 nitrogen and oxygen atoms in total. The van der Waals surface area contributed by atoms with Crippen molar-refractivity contribution in [3.8, 4) is 16.8 Å². The number of carbonyl (C=O) groups excluding carboxylic acids is 4. The van der Waals surface area contributed by atoms with E-state index in [9.17, 15) is 24.0 Å². The zero-order chi connectivity index (χ0) is 48.6. The van der Waals surface area contributed by atoms with Gasteiger partial charge in [0.1, 0.15) is 12.1 Å². The van der Waals surface area contributed by atoms with Crippen LogP contribution in [0.1, 0.15) is 57.1 Å². The van der Waals surface area contributed by atoms with Gasteiger partial charge in [0.15, 0.2) is 0 Å². The number of aromatic nitrogens is 6. The average molecular weight is 941 g/mol. The van der Waals surface area contributed by atoms with Crippen LogP contribution in [0.2, 0.25) is 0 Å². The molecule has 358 valence electrons. The monoisotopic (exact) mass is 940 g/mol. The van der Waals surface area contributed by atoms with E-state index >= 15 is 0 Å².